The topological polar surface area (TPSA) is 35.5 Å². The molecule has 1 aromatic carbocycles. The molecule has 0 saturated carbocycles. The molecule has 0 unspecified atom stereocenters. The van der Waals surface area contributed by atoms with Crippen molar-refractivity contribution < 1.29 is 9.50 Å². The molecule has 2 rings (SSSR count). The highest BCUT2D eigenvalue weighted by molar-refractivity contribution is 5.85. The van der Waals surface area contributed by atoms with E-state index in [4.69, 9.17) is 0 Å². The van der Waals surface area contributed by atoms with E-state index < -0.39 is 5.82 Å². The summed E-state index contributed by atoms with van der Waals surface area (Å²) in [5, 5.41) is 13.4. The van der Waals surface area contributed by atoms with Gasteiger partial charge in [-0.25, -0.2) is 4.39 Å². The lowest BCUT2D eigenvalue weighted by Crippen LogP contribution is -2.45. The molecule has 1 saturated heterocycles. The van der Waals surface area contributed by atoms with Crippen LogP contribution in [0.3, 0.4) is 0 Å². The average Bonchev–Trinajstić information content (AvgIpc) is 2.41. The Kier molecular flexibility index (Phi) is 9.22. The number of aromatic hydroxyl groups is 1. The molecule has 6 heteroatoms. The minimum atomic E-state index is -0.508. The molecule has 0 aliphatic carbocycles. The summed E-state index contributed by atoms with van der Waals surface area (Å²) >= 11 is 0. The zero-order valence-electron chi connectivity index (χ0n) is 12.6. The summed E-state index contributed by atoms with van der Waals surface area (Å²) in [7, 11) is 0. The van der Waals surface area contributed by atoms with Crippen molar-refractivity contribution in [1.29, 1.82) is 0 Å². The Bertz CT molecular complexity index is 440. The van der Waals surface area contributed by atoms with Crippen LogP contribution >= 0.6 is 24.8 Å². The van der Waals surface area contributed by atoms with Crippen LogP contribution in [-0.2, 0) is 0 Å². The first-order valence-electron chi connectivity index (χ1n) is 7.07. The second-order valence-corrected chi connectivity index (χ2v) is 5.28. The smallest absolute Gasteiger partial charge is 0.165 e. The van der Waals surface area contributed by atoms with Gasteiger partial charge in [0, 0.05) is 37.8 Å². The fraction of sp³-hybridized carbons (Fsp3) is 0.600. The second-order valence-electron chi connectivity index (χ2n) is 5.28. The van der Waals surface area contributed by atoms with Gasteiger partial charge in [0.1, 0.15) is 0 Å². The van der Waals surface area contributed by atoms with Crippen molar-refractivity contribution in [3.8, 4) is 5.75 Å². The van der Waals surface area contributed by atoms with E-state index in [9.17, 15) is 9.50 Å². The van der Waals surface area contributed by atoms with E-state index in [1.54, 1.807) is 0 Å². The molecular weight excluding hydrogens is 314 g/mol. The van der Waals surface area contributed by atoms with Crippen LogP contribution in [0.15, 0.2) is 12.1 Å². The summed E-state index contributed by atoms with van der Waals surface area (Å²) in [4.78, 5) is 2.34. The first-order valence-corrected chi connectivity index (χ1v) is 7.07. The standard InChI is InChI=1S/C15H23FN2O.2ClH/c1-3-4-14(18-7-5-17-6-8-18)12-9-11(2)10-13(16)15(12)19;;/h9-10,14,17,19H,3-8H2,1-2H3;2*1H/t14-;;/m0../s1. The third kappa shape index (κ3) is 4.99. The van der Waals surface area contributed by atoms with Gasteiger partial charge in [0.15, 0.2) is 11.6 Å². The molecule has 1 atom stereocenters. The number of benzene rings is 1. The number of phenolic OH excluding ortho intramolecular Hbond substituents is 1. The number of nitrogens with zero attached hydrogens (tertiary/aromatic N) is 1. The summed E-state index contributed by atoms with van der Waals surface area (Å²) in [5.41, 5.74) is 1.60. The summed E-state index contributed by atoms with van der Waals surface area (Å²) in [6, 6.07) is 3.42. The maximum Gasteiger partial charge on any atom is 0.165 e. The predicted molar refractivity (Wildman–Crippen MR) is 89.4 cm³/mol. The molecule has 0 spiro atoms. The van der Waals surface area contributed by atoms with Crippen LogP contribution in [0.25, 0.3) is 0 Å². The van der Waals surface area contributed by atoms with Crippen LogP contribution in [-0.4, -0.2) is 36.2 Å². The molecule has 3 nitrogen and oxygen atoms in total. The highest BCUT2D eigenvalue weighted by Gasteiger charge is 2.25. The number of piperazine rings is 1. The average molecular weight is 339 g/mol. The van der Waals surface area contributed by atoms with Gasteiger partial charge in [-0.05, 0) is 25.0 Å². The Morgan fingerprint density at radius 2 is 1.90 bits per heavy atom. The Labute approximate surface area is 138 Å². The van der Waals surface area contributed by atoms with Crippen molar-refractivity contribution in [1.82, 2.24) is 10.2 Å². The van der Waals surface area contributed by atoms with E-state index >= 15 is 0 Å². The fourth-order valence-corrected chi connectivity index (χ4v) is 2.82. The summed E-state index contributed by atoms with van der Waals surface area (Å²) in [5.74, 6) is -0.686. The molecule has 1 aromatic rings. The van der Waals surface area contributed by atoms with Crippen molar-refractivity contribution >= 4 is 24.8 Å². The van der Waals surface area contributed by atoms with Crippen LogP contribution < -0.4 is 5.32 Å². The summed E-state index contributed by atoms with van der Waals surface area (Å²) in [6.07, 6.45) is 1.96. The number of phenols is 1. The molecule has 0 amide bonds. The van der Waals surface area contributed by atoms with E-state index in [1.807, 2.05) is 13.0 Å². The van der Waals surface area contributed by atoms with Gasteiger partial charge in [-0.15, -0.1) is 24.8 Å². The number of aryl methyl sites for hydroxylation is 1. The van der Waals surface area contributed by atoms with Gasteiger partial charge in [0.25, 0.3) is 0 Å². The second kappa shape index (κ2) is 9.46. The molecular formula is C15H25Cl2FN2O. The maximum atomic E-state index is 13.7. The highest BCUT2D eigenvalue weighted by Crippen LogP contribution is 2.34. The number of nitrogens with one attached hydrogen (secondary N) is 1. The molecule has 21 heavy (non-hydrogen) atoms. The van der Waals surface area contributed by atoms with Crippen LogP contribution in [0.2, 0.25) is 0 Å². The normalized spacial score (nSPS) is 16.7. The lowest BCUT2D eigenvalue weighted by Gasteiger charge is -2.35. The predicted octanol–water partition coefficient (Wildman–Crippen LogP) is 3.43. The van der Waals surface area contributed by atoms with E-state index in [1.165, 1.54) is 6.07 Å². The monoisotopic (exact) mass is 338 g/mol. The van der Waals surface area contributed by atoms with Gasteiger partial charge < -0.3 is 10.4 Å². The number of halogens is 3. The summed E-state index contributed by atoms with van der Waals surface area (Å²) < 4.78 is 13.7. The molecule has 2 N–H and O–H groups in total. The van der Waals surface area contributed by atoms with Crippen molar-refractivity contribution in [3.05, 3.63) is 29.1 Å². The van der Waals surface area contributed by atoms with Crippen LogP contribution in [0.4, 0.5) is 4.39 Å². The number of hydrogen-bond acceptors (Lipinski definition) is 3. The minimum Gasteiger partial charge on any atom is -0.505 e. The van der Waals surface area contributed by atoms with Gasteiger partial charge in [0.05, 0.1) is 0 Å². The van der Waals surface area contributed by atoms with Crippen LogP contribution in [0.1, 0.15) is 36.9 Å². The largest absolute Gasteiger partial charge is 0.505 e. The SMILES string of the molecule is CCC[C@@H](c1cc(C)cc(F)c1O)N1CCNCC1.Cl.Cl. The third-order valence-corrected chi connectivity index (χ3v) is 3.75. The van der Waals surface area contributed by atoms with Crippen molar-refractivity contribution in [2.75, 3.05) is 26.2 Å². The molecule has 1 aliphatic heterocycles. The zero-order valence-corrected chi connectivity index (χ0v) is 14.2. The fourth-order valence-electron chi connectivity index (χ4n) is 2.82. The number of hydrogen-bond donors (Lipinski definition) is 2. The molecule has 1 fully saturated rings. The maximum absolute atomic E-state index is 13.7. The quantitative estimate of drug-likeness (QED) is 0.882. The van der Waals surface area contributed by atoms with Crippen molar-refractivity contribution in [2.24, 2.45) is 0 Å². The Hall–Kier alpha value is -0.550. The Morgan fingerprint density at radius 1 is 1.29 bits per heavy atom. The zero-order chi connectivity index (χ0) is 13.8. The van der Waals surface area contributed by atoms with Gasteiger partial charge in [0.2, 0.25) is 0 Å². The highest BCUT2D eigenvalue weighted by atomic mass is 35.5. The Balaban J connectivity index is 0.00000200. The lowest BCUT2D eigenvalue weighted by molar-refractivity contribution is 0.161. The third-order valence-electron chi connectivity index (χ3n) is 3.75. The van der Waals surface area contributed by atoms with Crippen molar-refractivity contribution in [2.45, 2.75) is 32.7 Å². The van der Waals surface area contributed by atoms with Gasteiger partial charge in [-0.2, -0.15) is 0 Å². The van der Waals surface area contributed by atoms with E-state index in [0.29, 0.717) is 0 Å². The molecule has 122 valence electrons. The van der Waals surface area contributed by atoms with Crippen LogP contribution in [0, 0.1) is 12.7 Å². The van der Waals surface area contributed by atoms with E-state index in [-0.39, 0.29) is 36.6 Å². The molecule has 0 aromatic heterocycles. The summed E-state index contributed by atoms with van der Waals surface area (Å²) in [6.45, 7) is 7.79. The Morgan fingerprint density at radius 3 is 2.48 bits per heavy atom. The minimum absolute atomic E-state index is 0. The lowest BCUT2D eigenvalue weighted by atomic mass is 9.97. The van der Waals surface area contributed by atoms with Crippen molar-refractivity contribution in [3.63, 3.8) is 0 Å². The van der Waals surface area contributed by atoms with Crippen LogP contribution in [0.5, 0.6) is 5.75 Å². The molecule has 0 radical (unpaired) electrons. The molecule has 1 heterocycles. The molecule has 0 bridgehead atoms. The van der Waals surface area contributed by atoms with E-state index in [0.717, 1.165) is 50.1 Å². The first kappa shape index (κ1) is 20.5. The van der Waals surface area contributed by atoms with Gasteiger partial charge in [-0.1, -0.05) is 19.4 Å². The molecule has 1 aliphatic rings. The van der Waals surface area contributed by atoms with Gasteiger partial charge in [-0.3, -0.25) is 4.90 Å². The number of rotatable bonds is 4. The first-order chi connectivity index (χ1) is 9.13. The van der Waals surface area contributed by atoms with Gasteiger partial charge >= 0.3 is 0 Å². The van der Waals surface area contributed by atoms with E-state index in [2.05, 4.69) is 17.1 Å².